The number of nitrogens with zero attached hydrogens (tertiary/aromatic N) is 3. The minimum Gasteiger partial charge on any atom is -0.326 e. The lowest BCUT2D eigenvalue weighted by Crippen LogP contribution is -2.36. The van der Waals surface area contributed by atoms with Gasteiger partial charge in [0.15, 0.2) is 0 Å². The van der Waals surface area contributed by atoms with Gasteiger partial charge in [0.2, 0.25) is 5.96 Å². The second kappa shape index (κ2) is 9.79. The maximum absolute atomic E-state index is 12.8. The number of aromatic nitrogens is 2. The predicted molar refractivity (Wildman–Crippen MR) is 127 cm³/mol. The molecular weight excluding hydrogens is 410 g/mol. The molecule has 6 nitrogen and oxygen atoms in total. The quantitative estimate of drug-likeness (QED) is 0.426. The molecule has 0 aliphatic carbocycles. The van der Waals surface area contributed by atoms with Crippen LogP contribution in [0.3, 0.4) is 0 Å². The molecule has 0 radical (unpaired) electrons. The molecule has 0 saturated carbocycles. The van der Waals surface area contributed by atoms with E-state index < -0.39 is 0 Å². The number of carbonyl (C=O) groups excluding carboxylic acids is 1. The molecule has 3 rings (SSSR count). The highest BCUT2D eigenvalue weighted by atomic mass is 35.5. The number of hydrogen-bond donors (Lipinski definition) is 2. The lowest BCUT2D eigenvalue weighted by atomic mass is 10.1. The van der Waals surface area contributed by atoms with E-state index in [0.717, 1.165) is 34.7 Å². The summed E-state index contributed by atoms with van der Waals surface area (Å²) in [5.41, 5.74) is 6.72. The Morgan fingerprint density at radius 1 is 1.10 bits per heavy atom. The van der Waals surface area contributed by atoms with E-state index >= 15 is 0 Å². The number of amides is 1. The minimum absolute atomic E-state index is 0.259. The first kappa shape index (κ1) is 22.6. The standard InChI is InChI=1S/C24H28ClN5O/c1-6-30-18(5)21(17(4)29-30)14-26-24(27-22-12-7-15(2)13-16(22)3)28-23(31)19-8-10-20(25)11-9-19/h7-13H,6,14H2,1-5H3,(H2,26,27,28,31). The number of nitrogens with one attached hydrogen (secondary N) is 2. The smallest absolute Gasteiger partial charge is 0.257 e. The van der Waals surface area contributed by atoms with Crippen LogP contribution in [0.5, 0.6) is 0 Å². The molecule has 1 amide bonds. The Bertz CT molecular complexity index is 1120. The fourth-order valence-corrected chi connectivity index (χ4v) is 3.53. The molecule has 3 aromatic rings. The fourth-order valence-electron chi connectivity index (χ4n) is 3.40. The van der Waals surface area contributed by atoms with Crippen molar-refractivity contribution in [2.24, 2.45) is 4.99 Å². The number of carbonyl (C=O) groups is 1. The average molecular weight is 438 g/mol. The van der Waals surface area contributed by atoms with Crippen molar-refractivity contribution < 1.29 is 4.79 Å². The van der Waals surface area contributed by atoms with E-state index in [1.54, 1.807) is 24.3 Å². The van der Waals surface area contributed by atoms with E-state index in [-0.39, 0.29) is 5.91 Å². The largest absolute Gasteiger partial charge is 0.326 e. The first-order chi connectivity index (χ1) is 14.8. The van der Waals surface area contributed by atoms with Gasteiger partial charge in [-0.25, -0.2) is 4.99 Å². The second-order valence-corrected chi connectivity index (χ2v) is 7.97. The Hall–Kier alpha value is -3.12. The number of rotatable bonds is 5. The van der Waals surface area contributed by atoms with E-state index in [9.17, 15) is 4.79 Å². The predicted octanol–water partition coefficient (Wildman–Crippen LogP) is 5.19. The van der Waals surface area contributed by atoms with Gasteiger partial charge in [-0.2, -0.15) is 5.10 Å². The van der Waals surface area contributed by atoms with E-state index in [4.69, 9.17) is 16.6 Å². The van der Waals surface area contributed by atoms with Crippen LogP contribution < -0.4 is 10.6 Å². The molecule has 7 heteroatoms. The molecule has 0 saturated heterocycles. The molecule has 0 fully saturated rings. The molecular formula is C24H28ClN5O. The zero-order valence-corrected chi connectivity index (χ0v) is 19.3. The third kappa shape index (κ3) is 5.52. The highest BCUT2D eigenvalue weighted by molar-refractivity contribution is 6.30. The summed E-state index contributed by atoms with van der Waals surface area (Å²) < 4.78 is 1.96. The van der Waals surface area contributed by atoms with Crippen LogP contribution in [0.1, 0.15) is 45.4 Å². The monoisotopic (exact) mass is 437 g/mol. The number of anilines is 1. The van der Waals surface area contributed by atoms with Crippen molar-refractivity contribution in [3.05, 3.63) is 81.1 Å². The summed E-state index contributed by atoms with van der Waals surface area (Å²) in [6.07, 6.45) is 0. The molecule has 0 spiro atoms. The van der Waals surface area contributed by atoms with Crippen LogP contribution in [0.2, 0.25) is 5.02 Å². The molecule has 1 aromatic heterocycles. The number of hydrogen-bond acceptors (Lipinski definition) is 3. The highest BCUT2D eigenvalue weighted by Crippen LogP contribution is 2.18. The molecule has 0 aliphatic rings. The number of aliphatic imine (C=N–C) groups is 1. The maximum Gasteiger partial charge on any atom is 0.257 e. The first-order valence-electron chi connectivity index (χ1n) is 10.3. The van der Waals surface area contributed by atoms with Gasteiger partial charge in [-0.15, -0.1) is 0 Å². The Balaban J connectivity index is 1.89. The number of benzene rings is 2. The van der Waals surface area contributed by atoms with Crippen molar-refractivity contribution in [3.63, 3.8) is 0 Å². The van der Waals surface area contributed by atoms with Gasteiger partial charge in [-0.05, 0) is 70.5 Å². The maximum atomic E-state index is 12.8. The van der Waals surface area contributed by atoms with Crippen molar-refractivity contribution in [1.29, 1.82) is 0 Å². The highest BCUT2D eigenvalue weighted by Gasteiger charge is 2.13. The Kier molecular flexibility index (Phi) is 7.13. The van der Waals surface area contributed by atoms with Crippen LogP contribution in [0.4, 0.5) is 5.69 Å². The SMILES string of the molecule is CCn1nc(C)c(CN=C(NC(=O)c2ccc(Cl)cc2)Nc2ccc(C)cc2C)c1C. The molecule has 0 bridgehead atoms. The third-order valence-electron chi connectivity index (χ3n) is 5.20. The summed E-state index contributed by atoms with van der Waals surface area (Å²) in [5, 5.41) is 11.3. The lowest BCUT2D eigenvalue weighted by Gasteiger charge is -2.14. The van der Waals surface area contributed by atoms with Crippen molar-refractivity contribution in [1.82, 2.24) is 15.1 Å². The van der Waals surface area contributed by atoms with Crippen LogP contribution in [0.15, 0.2) is 47.5 Å². The first-order valence-corrected chi connectivity index (χ1v) is 10.6. The number of aryl methyl sites for hydroxylation is 4. The van der Waals surface area contributed by atoms with Gasteiger partial charge in [0, 0.05) is 34.1 Å². The summed E-state index contributed by atoms with van der Waals surface area (Å²) in [4.78, 5) is 17.5. The van der Waals surface area contributed by atoms with Gasteiger partial charge in [0.1, 0.15) is 0 Å². The minimum atomic E-state index is -0.259. The van der Waals surface area contributed by atoms with Crippen LogP contribution in [-0.2, 0) is 13.1 Å². The topological polar surface area (TPSA) is 71.3 Å². The number of halogens is 1. The third-order valence-corrected chi connectivity index (χ3v) is 5.45. The zero-order chi connectivity index (χ0) is 22.5. The van der Waals surface area contributed by atoms with Crippen LogP contribution >= 0.6 is 11.6 Å². The van der Waals surface area contributed by atoms with Crippen LogP contribution in [0, 0.1) is 27.7 Å². The Morgan fingerprint density at radius 2 is 1.81 bits per heavy atom. The van der Waals surface area contributed by atoms with Crippen LogP contribution in [0.25, 0.3) is 0 Å². The van der Waals surface area contributed by atoms with Gasteiger partial charge in [-0.1, -0.05) is 29.3 Å². The summed E-state index contributed by atoms with van der Waals surface area (Å²) in [7, 11) is 0. The zero-order valence-electron chi connectivity index (χ0n) is 18.6. The molecule has 1 heterocycles. The van der Waals surface area contributed by atoms with Gasteiger partial charge >= 0.3 is 0 Å². The second-order valence-electron chi connectivity index (χ2n) is 7.53. The van der Waals surface area contributed by atoms with E-state index in [1.165, 1.54) is 5.56 Å². The Morgan fingerprint density at radius 3 is 2.42 bits per heavy atom. The van der Waals surface area contributed by atoms with Crippen molar-refractivity contribution in [3.8, 4) is 0 Å². The van der Waals surface area contributed by atoms with Crippen molar-refractivity contribution >= 4 is 29.2 Å². The molecule has 31 heavy (non-hydrogen) atoms. The summed E-state index contributed by atoms with van der Waals surface area (Å²) >= 11 is 5.94. The summed E-state index contributed by atoms with van der Waals surface area (Å²) in [6, 6.07) is 12.8. The Labute approximate surface area is 188 Å². The van der Waals surface area contributed by atoms with E-state index in [0.29, 0.717) is 23.1 Å². The molecule has 162 valence electrons. The molecule has 0 atom stereocenters. The summed E-state index contributed by atoms with van der Waals surface area (Å²) in [6.45, 7) is 11.4. The van der Waals surface area contributed by atoms with Gasteiger partial charge in [-0.3, -0.25) is 14.8 Å². The summed E-state index contributed by atoms with van der Waals surface area (Å²) in [5.74, 6) is 0.125. The van der Waals surface area contributed by atoms with E-state index in [2.05, 4.69) is 28.7 Å². The number of guanidine groups is 1. The van der Waals surface area contributed by atoms with Gasteiger partial charge in [0.05, 0.1) is 12.2 Å². The normalized spacial score (nSPS) is 11.5. The molecule has 0 aliphatic heterocycles. The fraction of sp³-hybridized carbons (Fsp3) is 0.292. The lowest BCUT2D eigenvalue weighted by molar-refractivity contribution is 0.0977. The van der Waals surface area contributed by atoms with Crippen molar-refractivity contribution in [2.75, 3.05) is 5.32 Å². The van der Waals surface area contributed by atoms with Gasteiger partial charge in [0.25, 0.3) is 5.91 Å². The van der Waals surface area contributed by atoms with E-state index in [1.807, 2.05) is 44.5 Å². The van der Waals surface area contributed by atoms with Crippen LogP contribution in [-0.4, -0.2) is 21.6 Å². The van der Waals surface area contributed by atoms with Crippen molar-refractivity contribution in [2.45, 2.75) is 47.7 Å². The van der Waals surface area contributed by atoms with Gasteiger partial charge < -0.3 is 5.32 Å². The molecule has 2 N–H and O–H groups in total. The molecule has 0 unspecified atom stereocenters. The molecule has 2 aromatic carbocycles. The average Bonchev–Trinajstić information content (AvgIpc) is 3.01.